The molecule has 27 heavy (non-hydrogen) atoms. The van der Waals surface area contributed by atoms with Crippen LogP contribution in [0.1, 0.15) is 32.3 Å². The van der Waals surface area contributed by atoms with Crippen molar-refractivity contribution >= 4 is 11.6 Å². The van der Waals surface area contributed by atoms with Crippen molar-refractivity contribution in [2.75, 3.05) is 51.3 Å². The molecule has 1 aromatic carbocycles. The molecular weight excluding hydrogens is 338 g/mol. The minimum atomic E-state index is 0.509. The SMILES string of the molecule is CN=C(NCc1ccc(N2CCOCC2)cc1)NC1CCN(C(C)C)CC1. The third-order valence-corrected chi connectivity index (χ3v) is 5.60. The third-order valence-electron chi connectivity index (χ3n) is 5.60. The van der Waals surface area contributed by atoms with Crippen LogP contribution in [0.2, 0.25) is 0 Å². The Kier molecular flexibility index (Phi) is 7.35. The van der Waals surface area contributed by atoms with Crippen LogP contribution in [-0.2, 0) is 11.3 Å². The number of guanidine groups is 1. The van der Waals surface area contributed by atoms with Gasteiger partial charge in [0.1, 0.15) is 0 Å². The van der Waals surface area contributed by atoms with Crippen LogP contribution in [0, 0.1) is 0 Å². The van der Waals surface area contributed by atoms with E-state index in [1.54, 1.807) is 0 Å². The lowest BCUT2D eigenvalue weighted by Gasteiger charge is -2.35. The van der Waals surface area contributed by atoms with E-state index >= 15 is 0 Å². The largest absolute Gasteiger partial charge is 0.378 e. The second kappa shape index (κ2) is 9.95. The molecule has 0 aromatic heterocycles. The smallest absolute Gasteiger partial charge is 0.191 e. The van der Waals surface area contributed by atoms with Gasteiger partial charge in [-0.15, -0.1) is 0 Å². The molecule has 0 unspecified atom stereocenters. The van der Waals surface area contributed by atoms with Crippen molar-refractivity contribution in [2.24, 2.45) is 4.99 Å². The van der Waals surface area contributed by atoms with Crippen molar-refractivity contribution in [3.8, 4) is 0 Å². The number of aliphatic imine (C=N–C) groups is 1. The molecule has 2 saturated heterocycles. The van der Waals surface area contributed by atoms with Crippen LogP contribution >= 0.6 is 0 Å². The standard InChI is InChI=1S/C21H35N5O/c1-17(2)25-10-8-19(9-11-25)24-21(22-3)23-16-18-4-6-20(7-5-18)26-12-14-27-15-13-26/h4-7,17,19H,8-16H2,1-3H3,(H2,22,23,24). The number of nitrogens with one attached hydrogen (secondary N) is 2. The lowest BCUT2D eigenvalue weighted by atomic mass is 10.0. The van der Waals surface area contributed by atoms with E-state index in [4.69, 9.17) is 4.74 Å². The fraction of sp³-hybridized carbons (Fsp3) is 0.667. The molecular formula is C21H35N5O. The molecule has 2 heterocycles. The minimum Gasteiger partial charge on any atom is -0.378 e. The number of rotatable bonds is 5. The zero-order valence-corrected chi connectivity index (χ0v) is 17.1. The molecule has 0 aliphatic carbocycles. The van der Waals surface area contributed by atoms with Gasteiger partial charge in [0.15, 0.2) is 5.96 Å². The molecule has 0 spiro atoms. The Morgan fingerprint density at radius 3 is 2.37 bits per heavy atom. The molecule has 2 fully saturated rings. The van der Waals surface area contributed by atoms with E-state index in [1.807, 2.05) is 7.05 Å². The van der Waals surface area contributed by atoms with Crippen molar-refractivity contribution in [2.45, 2.75) is 45.3 Å². The Morgan fingerprint density at radius 2 is 1.78 bits per heavy atom. The molecule has 1 aromatic rings. The van der Waals surface area contributed by atoms with E-state index < -0.39 is 0 Å². The highest BCUT2D eigenvalue weighted by atomic mass is 16.5. The molecule has 0 saturated carbocycles. The van der Waals surface area contributed by atoms with Crippen molar-refractivity contribution in [3.63, 3.8) is 0 Å². The summed E-state index contributed by atoms with van der Waals surface area (Å²) >= 11 is 0. The monoisotopic (exact) mass is 373 g/mol. The number of hydrogen-bond donors (Lipinski definition) is 2. The number of likely N-dealkylation sites (tertiary alicyclic amines) is 1. The van der Waals surface area contributed by atoms with E-state index in [2.05, 4.69) is 63.5 Å². The number of piperidine rings is 1. The van der Waals surface area contributed by atoms with Gasteiger partial charge < -0.3 is 25.2 Å². The van der Waals surface area contributed by atoms with Gasteiger partial charge in [0.2, 0.25) is 0 Å². The Morgan fingerprint density at radius 1 is 1.11 bits per heavy atom. The topological polar surface area (TPSA) is 52.1 Å². The van der Waals surface area contributed by atoms with Crippen molar-refractivity contribution in [3.05, 3.63) is 29.8 Å². The number of benzene rings is 1. The number of morpholine rings is 1. The van der Waals surface area contributed by atoms with Gasteiger partial charge in [-0.25, -0.2) is 0 Å². The first-order chi connectivity index (χ1) is 13.2. The molecule has 6 heteroatoms. The molecule has 2 aliphatic rings. The molecule has 2 aliphatic heterocycles. The second-order valence-electron chi connectivity index (χ2n) is 7.74. The van der Waals surface area contributed by atoms with Crippen LogP contribution in [0.3, 0.4) is 0 Å². The maximum absolute atomic E-state index is 5.43. The predicted molar refractivity (Wildman–Crippen MR) is 113 cm³/mol. The summed E-state index contributed by atoms with van der Waals surface area (Å²) in [4.78, 5) is 9.33. The summed E-state index contributed by atoms with van der Waals surface area (Å²) in [7, 11) is 1.85. The first-order valence-corrected chi connectivity index (χ1v) is 10.3. The molecule has 2 N–H and O–H groups in total. The lowest BCUT2D eigenvalue weighted by molar-refractivity contribution is 0.122. The quantitative estimate of drug-likeness (QED) is 0.611. The predicted octanol–water partition coefficient (Wildman–Crippen LogP) is 2.06. The molecule has 150 valence electrons. The van der Waals surface area contributed by atoms with E-state index in [0.717, 1.165) is 51.9 Å². The Hall–Kier alpha value is -1.79. The highest BCUT2D eigenvalue weighted by molar-refractivity contribution is 5.80. The number of anilines is 1. The summed E-state index contributed by atoms with van der Waals surface area (Å²) in [6.45, 7) is 11.3. The number of nitrogens with zero attached hydrogens (tertiary/aromatic N) is 3. The van der Waals surface area contributed by atoms with Crippen LogP contribution in [0.5, 0.6) is 0 Å². The molecule has 6 nitrogen and oxygen atoms in total. The fourth-order valence-electron chi connectivity index (χ4n) is 3.78. The normalized spacial score (nSPS) is 20.1. The Labute approximate surface area is 164 Å². The van der Waals surface area contributed by atoms with Gasteiger partial charge in [0.05, 0.1) is 13.2 Å². The van der Waals surface area contributed by atoms with Gasteiger partial charge in [-0.2, -0.15) is 0 Å². The van der Waals surface area contributed by atoms with Crippen LogP contribution in [0.25, 0.3) is 0 Å². The van der Waals surface area contributed by atoms with Gasteiger partial charge in [0, 0.05) is 57.5 Å². The summed E-state index contributed by atoms with van der Waals surface area (Å²) in [6, 6.07) is 9.97. The summed E-state index contributed by atoms with van der Waals surface area (Å²) in [6.07, 6.45) is 2.35. The third kappa shape index (κ3) is 5.84. The zero-order chi connectivity index (χ0) is 19.1. The molecule has 3 rings (SSSR count). The van der Waals surface area contributed by atoms with E-state index in [-0.39, 0.29) is 0 Å². The highest BCUT2D eigenvalue weighted by Gasteiger charge is 2.21. The molecule has 0 atom stereocenters. The number of hydrogen-bond acceptors (Lipinski definition) is 4. The molecule has 0 bridgehead atoms. The van der Waals surface area contributed by atoms with Crippen LogP contribution in [-0.4, -0.2) is 69.4 Å². The average Bonchev–Trinajstić information content (AvgIpc) is 2.72. The van der Waals surface area contributed by atoms with Gasteiger partial charge in [-0.3, -0.25) is 4.99 Å². The van der Waals surface area contributed by atoms with Crippen molar-refractivity contribution < 1.29 is 4.74 Å². The van der Waals surface area contributed by atoms with Gasteiger partial charge in [-0.1, -0.05) is 12.1 Å². The fourth-order valence-corrected chi connectivity index (χ4v) is 3.78. The van der Waals surface area contributed by atoms with Crippen LogP contribution in [0.4, 0.5) is 5.69 Å². The van der Waals surface area contributed by atoms with Crippen LogP contribution in [0.15, 0.2) is 29.3 Å². The summed E-state index contributed by atoms with van der Waals surface area (Å²) in [5.41, 5.74) is 2.55. The van der Waals surface area contributed by atoms with Gasteiger partial charge >= 0.3 is 0 Å². The maximum atomic E-state index is 5.43. The minimum absolute atomic E-state index is 0.509. The Bertz CT molecular complexity index is 587. The molecule has 0 amide bonds. The first kappa shape index (κ1) is 20.0. The van der Waals surface area contributed by atoms with Crippen molar-refractivity contribution in [1.82, 2.24) is 15.5 Å². The van der Waals surface area contributed by atoms with Crippen molar-refractivity contribution in [1.29, 1.82) is 0 Å². The average molecular weight is 374 g/mol. The summed E-state index contributed by atoms with van der Waals surface area (Å²) < 4.78 is 5.43. The van der Waals surface area contributed by atoms with E-state index in [1.165, 1.54) is 24.1 Å². The van der Waals surface area contributed by atoms with Gasteiger partial charge in [-0.05, 0) is 44.4 Å². The Balaban J connectivity index is 1.44. The first-order valence-electron chi connectivity index (χ1n) is 10.3. The highest BCUT2D eigenvalue weighted by Crippen LogP contribution is 2.17. The maximum Gasteiger partial charge on any atom is 0.191 e. The summed E-state index contributed by atoms with van der Waals surface area (Å²) in [5, 5.41) is 7.05. The van der Waals surface area contributed by atoms with Crippen LogP contribution < -0.4 is 15.5 Å². The van der Waals surface area contributed by atoms with E-state index in [0.29, 0.717) is 12.1 Å². The van der Waals surface area contributed by atoms with Gasteiger partial charge in [0.25, 0.3) is 0 Å². The number of ether oxygens (including phenoxy) is 1. The lowest BCUT2D eigenvalue weighted by Crippen LogP contribution is -2.49. The summed E-state index contributed by atoms with van der Waals surface area (Å²) in [5.74, 6) is 0.898. The van der Waals surface area contributed by atoms with E-state index in [9.17, 15) is 0 Å². The second-order valence-corrected chi connectivity index (χ2v) is 7.74. The zero-order valence-electron chi connectivity index (χ0n) is 17.1. The molecule has 0 radical (unpaired) electrons.